The summed E-state index contributed by atoms with van der Waals surface area (Å²) in [5, 5.41) is 9.09. The van der Waals surface area contributed by atoms with Gasteiger partial charge in [-0.25, -0.2) is 4.98 Å². The van der Waals surface area contributed by atoms with Crippen LogP contribution in [-0.2, 0) is 6.61 Å². The summed E-state index contributed by atoms with van der Waals surface area (Å²) in [5.74, 6) is 0.948. The van der Waals surface area contributed by atoms with Crippen molar-refractivity contribution in [2.75, 3.05) is 5.73 Å². The Morgan fingerprint density at radius 3 is 3.05 bits per heavy atom. The second kappa shape index (κ2) is 4.54. The van der Waals surface area contributed by atoms with Gasteiger partial charge in [0.15, 0.2) is 5.65 Å². The molecule has 19 heavy (non-hydrogen) atoms. The number of benzene rings is 1. The highest BCUT2D eigenvalue weighted by atomic mass is 16.5. The van der Waals surface area contributed by atoms with Gasteiger partial charge in [-0.3, -0.25) is 0 Å². The van der Waals surface area contributed by atoms with E-state index in [2.05, 4.69) is 19.9 Å². The Hall–Kier alpha value is -2.67. The van der Waals surface area contributed by atoms with Crippen LogP contribution in [-0.4, -0.2) is 25.0 Å². The third-order valence-corrected chi connectivity index (χ3v) is 2.57. The van der Waals surface area contributed by atoms with Crippen molar-refractivity contribution in [3.8, 4) is 11.6 Å². The SMILES string of the molecule is Nc1nc(Oc2cccc(CO)c2)c2[nH]cnc2n1. The van der Waals surface area contributed by atoms with Gasteiger partial charge in [0.25, 0.3) is 5.88 Å². The van der Waals surface area contributed by atoms with E-state index in [0.29, 0.717) is 22.8 Å². The molecule has 7 heteroatoms. The number of aromatic nitrogens is 4. The van der Waals surface area contributed by atoms with E-state index in [1.165, 1.54) is 6.33 Å². The molecule has 0 saturated carbocycles. The topological polar surface area (TPSA) is 110 Å². The van der Waals surface area contributed by atoms with E-state index >= 15 is 0 Å². The molecule has 0 unspecified atom stereocenters. The van der Waals surface area contributed by atoms with Crippen LogP contribution in [0.3, 0.4) is 0 Å². The average Bonchev–Trinajstić information content (AvgIpc) is 2.87. The first kappa shape index (κ1) is 11.4. The number of ether oxygens (including phenoxy) is 1. The second-order valence-electron chi connectivity index (χ2n) is 3.90. The van der Waals surface area contributed by atoms with Crippen molar-refractivity contribution >= 4 is 17.1 Å². The van der Waals surface area contributed by atoms with E-state index in [1.54, 1.807) is 24.3 Å². The first-order valence-corrected chi connectivity index (χ1v) is 5.60. The van der Waals surface area contributed by atoms with Crippen LogP contribution in [0.2, 0.25) is 0 Å². The molecular formula is C12H11N5O2. The highest BCUT2D eigenvalue weighted by molar-refractivity contribution is 5.77. The van der Waals surface area contributed by atoms with Crippen LogP contribution in [0.4, 0.5) is 5.95 Å². The van der Waals surface area contributed by atoms with Gasteiger partial charge in [0.1, 0.15) is 11.3 Å². The lowest BCUT2D eigenvalue weighted by Crippen LogP contribution is -1.98. The van der Waals surface area contributed by atoms with Crippen LogP contribution >= 0.6 is 0 Å². The summed E-state index contributed by atoms with van der Waals surface area (Å²) in [6.45, 7) is -0.0530. The van der Waals surface area contributed by atoms with Gasteiger partial charge >= 0.3 is 0 Å². The van der Waals surface area contributed by atoms with Crippen LogP contribution in [0, 0.1) is 0 Å². The molecule has 0 radical (unpaired) electrons. The third kappa shape index (κ3) is 2.18. The number of rotatable bonds is 3. The minimum absolute atomic E-state index is 0.0530. The Morgan fingerprint density at radius 1 is 1.32 bits per heavy atom. The van der Waals surface area contributed by atoms with E-state index in [-0.39, 0.29) is 12.6 Å². The number of hydrogen-bond acceptors (Lipinski definition) is 6. The Kier molecular flexibility index (Phi) is 2.73. The zero-order valence-corrected chi connectivity index (χ0v) is 9.87. The maximum Gasteiger partial charge on any atom is 0.250 e. The maximum absolute atomic E-state index is 9.09. The number of H-pyrrole nitrogens is 1. The molecule has 0 spiro atoms. The summed E-state index contributed by atoms with van der Waals surface area (Å²) in [6.07, 6.45) is 1.50. The van der Waals surface area contributed by atoms with Crippen molar-refractivity contribution in [1.82, 2.24) is 19.9 Å². The minimum atomic E-state index is -0.0530. The molecule has 0 aliphatic rings. The molecule has 2 aromatic heterocycles. The van der Waals surface area contributed by atoms with Crippen LogP contribution in [0.15, 0.2) is 30.6 Å². The summed E-state index contributed by atoms with van der Waals surface area (Å²) in [5.41, 5.74) is 7.37. The largest absolute Gasteiger partial charge is 0.437 e. The number of nitrogen functional groups attached to an aromatic ring is 1. The van der Waals surface area contributed by atoms with Gasteiger partial charge in [-0.15, -0.1) is 0 Å². The molecule has 3 aromatic rings. The average molecular weight is 257 g/mol. The number of nitrogens with zero attached hydrogens (tertiary/aromatic N) is 3. The van der Waals surface area contributed by atoms with E-state index in [1.807, 2.05) is 0 Å². The lowest BCUT2D eigenvalue weighted by atomic mass is 10.2. The highest BCUT2D eigenvalue weighted by Gasteiger charge is 2.10. The summed E-state index contributed by atoms with van der Waals surface area (Å²) in [7, 11) is 0. The van der Waals surface area contributed by atoms with Crippen molar-refractivity contribution < 1.29 is 9.84 Å². The maximum atomic E-state index is 9.09. The standard InChI is InChI=1S/C12H11N5O2/c13-12-16-10-9(14-6-15-10)11(17-12)19-8-3-1-2-7(4-8)5-18/h1-4,6,18H,5H2,(H3,13,14,15,16,17). The molecule has 0 fully saturated rings. The van der Waals surface area contributed by atoms with Crippen LogP contribution in [0.1, 0.15) is 5.56 Å². The molecule has 2 heterocycles. The Morgan fingerprint density at radius 2 is 2.21 bits per heavy atom. The number of nitrogens with one attached hydrogen (secondary N) is 1. The Balaban J connectivity index is 2.02. The molecule has 0 atom stereocenters. The van der Waals surface area contributed by atoms with Gasteiger partial charge in [0.2, 0.25) is 5.95 Å². The fraction of sp³-hybridized carbons (Fsp3) is 0.0833. The quantitative estimate of drug-likeness (QED) is 0.650. The number of fused-ring (bicyclic) bond motifs is 1. The van der Waals surface area contributed by atoms with Gasteiger partial charge in [-0.05, 0) is 17.7 Å². The predicted molar refractivity (Wildman–Crippen MR) is 68.5 cm³/mol. The molecular weight excluding hydrogens is 246 g/mol. The first-order chi connectivity index (χ1) is 9.26. The normalized spacial score (nSPS) is 10.8. The fourth-order valence-corrected chi connectivity index (χ4v) is 1.72. The Bertz CT molecular complexity index is 725. The lowest BCUT2D eigenvalue weighted by Gasteiger charge is -2.06. The van der Waals surface area contributed by atoms with E-state index in [4.69, 9.17) is 15.6 Å². The van der Waals surface area contributed by atoms with Gasteiger partial charge in [-0.2, -0.15) is 9.97 Å². The zero-order chi connectivity index (χ0) is 13.2. The predicted octanol–water partition coefficient (Wildman–Crippen LogP) is 1.22. The molecule has 7 nitrogen and oxygen atoms in total. The van der Waals surface area contributed by atoms with Gasteiger partial charge in [0, 0.05) is 0 Å². The van der Waals surface area contributed by atoms with E-state index in [0.717, 1.165) is 5.56 Å². The van der Waals surface area contributed by atoms with Gasteiger partial charge in [0.05, 0.1) is 12.9 Å². The third-order valence-electron chi connectivity index (χ3n) is 2.57. The van der Waals surface area contributed by atoms with Crippen molar-refractivity contribution in [3.63, 3.8) is 0 Å². The molecule has 96 valence electrons. The van der Waals surface area contributed by atoms with Crippen molar-refractivity contribution in [2.24, 2.45) is 0 Å². The number of aliphatic hydroxyl groups is 1. The summed E-state index contributed by atoms with van der Waals surface area (Å²) >= 11 is 0. The van der Waals surface area contributed by atoms with E-state index < -0.39 is 0 Å². The molecule has 4 N–H and O–H groups in total. The number of anilines is 1. The molecule has 0 bridgehead atoms. The van der Waals surface area contributed by atoms with Crippen molar-refractivity contribution in [1.29, 1.82) is 0 Å². The summed E-state index contributed by atoms with van der Waals surface area (Å²) in [6, 6.07) is 7.07. The molecule has 1 aromatic carbocycles. The lowest BCUT2D eigenvalue weighted by molar-refractivity contribution is 0.281. The van der Waals surface area contributed by atoms with Crippen molar-refractivity contribution in [2.45, 2.75) is 6.61 Å². The number of nitrogens with two attached hydrogens (primary N) is 1. The van der Waals surface area contributed by atoms with Crippen LogP contribution in [0.25, 0.3) is 11.2 Å². The zero-order valence-electron chi connectivity index (χ0n) is 9.87. The van der Waals surface area contributed by atoms with Gasteiger partial charge in [-0.1, -0.05) is 12.1 Å². The fourth-order valence-electron chi connectivity index (χ4n) is 1.72. The van der Waals surface area contributed by atoms with Crippen molar-refractivity contribution in [3.05, 3.63) is 36.2 Å². The monoisotopic (exact) mass is 257 g/mol. The number of aromatic amines is 1. The summed E-state index contributed by atoms with van der Waals surface area (Å²) < 4.78 is 5.66. The van der Waals surface area contributed by atoms with E-state index in [9.17, 15) is 0 Å². The second-order valence-corrected chi connectivity index (χ2v) is 3.90. The number of hydrogen-bond donors (Lipinski definition) is 3. The van der Waals surface area contributed by atoms with Crippen LogP contribution in [0.5, 0.6) is 11.6 Å². The Labute approximate surface area is 108 Å². The first-order valence-electron chi connectivity index (χ1n) is 5.60. The molecule has 0 aliphatic heterocycles. The highest BCUT2D eigenvalue weighted by Crippen LogP contribution is 2.26. The number of aliphatic hydroxyl groups excluding tert-OH is 1. The summed E-state index contributed by atoms with van der Waals surface area (Å²) in [4.78, 5) is 14.9. The molecule has 0 saturated heterocycles. The minimum Gasteiger partial charge on any atom is -0.437 e. The smallest absolute Gasteiger partial charge is 0.250 e. The number of imidazole rings is 1. The van der Waals surface area contributed by atoms with Gasteiger partial charge < -0.3 is 20.6 Å². The molecule has 3 rings (SSSR count). The molecule has 0 aliphatic carbocycles. The van der Waals surface area contributed by atoms with Crippen LogP contribution < -0.4 is 10.5 Å². The molecule has 0 amide bonds.